The Bertz CT molecular complexity index is 868. The van der Waals surface area contributed by atoms with Gasteiger partial charge in [-0.15, -0.1) is 0 Å². The lowest BCUT2D eigenvalue weighted by Crippen LogP contribution is -2.27. The van der Waals surface area contributed by atoms with Crippen molar-refractivity contribution in [3.63, 3.8) is 0 Å². The zero-order valence-electron chi connectivity index (χ0n) is 15.4. The minimum atomic E-state index is -3.78. The number of hydrogen-bond donors (Lipinski definition) is 1. The highest BCUT2D eigenvalue weighted by molar-refractivity contribution is 7.89. The fourth-order valence-corrected chi connectivity index (χ4v) is 3.81. The van der Waals surface area contributed by atoms with Crippen LogP contribution in [0, 0.1) is 12.7 Å². The summed E-state index contributed by atoms with van der Waals surface area (Å²) in [6, 6.07) is 8.53. The molecule has 0 saturated carbocycles. The van der Waals surface area contributed by atoms with E-state index in [-0.39, 0.29) is 10.5 Å². The first-order chi connectivity index (χ1) is 12.3. The average molecular weight is 381 g/mol. The van der Waals surface area contributed by atoms with Crippen LogP contribution in [0.15, 0.2) is 41.3 Å². The molecule has 2 rings (SSSR count). The van der Waals surface area contributed by atoms with Gasteiger partial charge in [0.25, 0.3) is 0 Å². The summed E-state index contributed by atoms with van der Waals surface area (Å²) in [6.07, 6.45) is 0. The fourth-order valence-electron chi connectivity index (χ4n) is 2.49. The summed E-state index contributed by atoms with van der Waals surface area (Å²) in [7, 11) is -3.78. The average Bonchev–Trinajstić information content (AvgIpc) is 2.58. The molecule has 1 atom stereocenters. The van der Waals surface area contributed by atoms with Crippen LogP contribution in [-0.2, 0) is 10.0 Å². The number of sulfonamides is 1. The second kappa shape index (κ2) is 8.51. The summed E-state index contributed by atoms with van der Waals surface area (Å²) in [6.45, 7) is 7.98. The lowest BCUT2D eigenvalue weighted by molar-refractivity contribution is 0.287. The van der Waals surface area contributed by atoms with E-state index >= 15 is 0 Å². The maximum Gasteiger partial charge on any atom is 0.241 e. The third kappa shape index (κ3) is 4.74. The van der Waals surface area contributed by atoms with Gasteiger partial charge in [-0.25, -0.2) is 17.5 Å². The second-order valence-electron chi connectivity index (χ2n) is 5.83. The largest absolute Gasteiger partial charge is 0.490 e. The number of ether oxygens (including phenoxy) is 2. The van der Waals surface area contributed by atoms with Crippen molar-refractivity contribution in [3.05, 3.63) is 53.3 Å². The molecule has 142 valence electrons. The van der Waals surface area contributed by atoms with Crippen LogP contribution in [-0.4, -0.2) is 21.6 Å². The first-order valence-corrected chi connectivity index (χ1v) is 9.94. The topological polar surface area (TPSA) is 64.6 Å². The molecule has 1 N–H and O–H groups in total. The minimum absolute atomic E-state index is 0.0271. The number of aryl methyl sites for hydroxylation is 1. The molecule has 0 saturated heterocycles. The normalized spacial score (nSPS) is 12.7. The van der Waals surface area contributed by atoms with Crippen molar-refractivity contribution in [3.8, 4) is 11.5 Å². The van der Waals surface area contributed by atoms with E-state index in [1.165, 1.54) is 19.1 Å². The van der Waals surface area contributed by atoms with Crippen molar-refractivity contribution < 1.29 is 22.3 Å². The molecule has 26 heavy (non-hydrogen) atoms. The Kier molecular flexibility index (Phi) is 6.61. The number of benzene rings is 2. The van der Waals surface area contributed by atoms with Crippen LogP contribution in [0.4, 0.5) is 4.39 Å². The third-order valence-electron chi connectivity index (χ3n) is 3.84. The van der Waals surface area contributed by atoms with Crippen molar-refractivity contribution >= 4 is 10.0 Å². The quantitative estimate of drug-likeness (QED) is 0.751. The van der Waals surface area contributed by atoms with E-state index in [4.69, 9.17) is 9.47 Å². The highest BCUT2D eigenvalue weighted by Gasteiger charge is 2.20. The predicted molar refractivity (Wildman–Crippen MR) is 98.7 cm³/mol. The maximum atomic E-state index is 13.4. The van der Waals surface area contributed by atoms with Crippen molar-refractivity contribution in [1.82, 2.24) is 4.72 Å². The number of halogens is 1. The van der Waals surface area contributed by atoms with Gasteiger partial charge in [0, 0.05) is 6.04 Å². The number of hydrogen-bond acceptors (Lipinski definition) is 4. The first-order valence-electron chi connectivity index (χ1n) is 8.46. The van der Waals surface area contributed by atoms with Crippen LogP contribution < -0.4 is 14.2 Å². The zero-order chi connectivity index (χ0) is 19.3. The molecule has 0 heterocycles. The maximum absolute atomic E-state index is 13.4. The standard InChI is InChI=1S/C19H24FNO4S/c1-5-24-18-10-7-15(12-19(18)25-6-2)14(4)21-26(22,23)16-8-9-17(20)13(3)11-16/h7-12,14,21H,5-6H2,1-4H3. The van der Waals surface area contributed by atoms with E-state index in [0.717, 1.165) is 11.6 Å². The van der Waals surface area contributed by atoms with Crippen molar-refractivity contribution in [1.29, 1.82) is 0 Å². The molecule has 0 aliphatic heterocycles. The van der Waals surface area contributed by atoms with E-state index < -0.39 is 21.9 Å². The molecule has 0 aliphatic rings. The SMILES string of the molecule is CCOc1ccc(C(C)NS(=O)(=O)c2ccc(F)c(C)c2)cc1OCC. The summed E-state index contributed by atoms with van der Waals surface area (Å²) in [5, 5.41) is 0. The third-order valence-corrected chi connectivity index (χ3v) is 5.38. The van der Waals surface area contributed by atoms with Gasteiger partial charge in [0.1, 0.15) is 5.82 Å². The molecule has 2 aromatic rings. The van der Waals surface area contributed by atoms with E-state index in [0.29, 0.717) is 24.7 Å². The van der Waals surface area contributed by atoms with Gasteiger partial charge in [0.2, 0.25) is 10.0 Å². The lowest BCUT2D eigenvalue weighted by Gasteiger charge is -2.18. The van der Waals surface area contributed by atoms with Gasteiger partial charge < -0.3 is 9.47 Å². The molecule has 0 spiro atoms. The highest BCUT2D eigenvalue weighted by atomic mass is 32.2. The first kappa shape index (κ1) is 20.2. The predicted octanol–water partition coefficient (Wildman–Crippen LogP) is 3.97. The van der Waals surface area contributed by atoms with Crippen LogP contribution >= 0.6 is 0 Å². The van der Waals surface area contributed by atoms with Crippen LogP contribution in [0.5, 0.6) is 11.5 Å². The molecule has 1 unspecified atom stereocenters. The fraction of sp³-hybridized carbons (Fsp3) is 0.368. The zero-order valence-corrected chi connectivity index (χ0v) is 16.2. The molecule has 0 amide bonds. The molecule has 5 nitrogen and oxygen atoms in total. The Morgan fingerprint density at radius 3 is 2.31 bits per heavy atom. The molecule has 2 aromatic carbocycles. The summed E-state index contributed by atoms with van der Waals surface area (Å²) >= 11 is 0. The Balaban J connectivity index is 2.26. The number of rotatable bonds is 8. The van der Waals surface area contributed by atoms with Crippen LogP contribution in [0.3, 0.4) is 0 Å². The van der Waals surface area contributed by atoms with E-state index in [9.17, 15) is 12.8 Å². The Labute approximate surface area is 154 Å². The van der Waals surface area contributed by atoms with Crippen molar-refractivity contribution in [2.75, 3.05) is 13.2 Å². The van der Waals surface area contributed by atoms with Gasteiger partial charge in [-0.05, 0) is 69.2 Å². The summed E-state index contributed by atoms with van der Waals surface area (Å²) in [5.74, 6) is 0.739. The van der Waals surface area contributed by atoms with Crippen LogP contribution in [0.2, 0.25) is 0 Å². The molecule has 0 radical (unpaired) electrons. The Morgan fingerprint density at radius 2 is 1.69 bits per heavy atom. The van der Waals surface area contributed by atoms with Gasteiger partial charge in [0.05, 0.1) is 18.1 Å². The van der Waals surface area contributed by atoms with E-state index in [1.54, 1.807) is 25.1 Å². The summed E-state index contributed by atoms with van der Waals surface area (Å²) in [4.78, 5) is 0.0271. The van der Waals surface area contributed by atoms with Gasteiger partial charge >= 0.3 is 0 Å². The summed E-state index contributed by atoms with van der Waals surface area (Å²) < 4.78 is 52.2. The summed E-state index contributed by atoms with van der Waals surface area (Å²) in [5.41, 5.74) is 1.01. The lowest BCUT2D eigenvalue weighted by atomic mass is 10.1. The van der Waals surface area contributed by atoms with Gasteiger partial charge in [-0.3, -0.25) is 0 Å². The van der Waals surface area contributed by atoms with Gasteiger partial charge in [-0.1, -0.05) is 6.07 Å². The number of nitrogens with one attached hydrogen (secondary N) is 1. The Morgan fingerprint density at radius 1 is 1.04 bits per heavy atom. The Hall–Kier alpha value is -2.12. The van der Waals surface area contributed by atoms with Crippen LogP contribution in [0.1, 0.15) is 37.9 Å². The van der Waals surface area contributed by atoms with Gasteiger partial charge in [-0.2, -0.15) is 0 Å². The van der Waals surface area contributed by atoms with E-state index in [1.807, 2.05) is 13.8 Å². The molecule has 0 bridgehead atoms. The van der Waals surface area contributed by atoms with Crippen molar-refractivity contribution in [2.24, 2.45) is 0 Å². The minimum Gasteiger partial charge on any atom is -0.490 e. The highest BCUT2D eigenvalue weighted by Crippen LogP contribution is 2.31. The van der Waals surface area contributed by atoms with Gasteiger partial charge in [0.15, 0.2) is 11.5 Å². The molecule has 0 fully saturated rings. The molecule has 7 heteroatoms. The molecule has 0 aromatic heterocycles. The second-order valence-corrected chi connectivity index (χ2v) is 7.54. The molecular formula is C19H24FNO4S. The van der Waals surface area contributed by atoms with Crippen molar-refractivity contribution in [2.45, 2.75) is 38.6 Å². The van der Waals surface area contributed by atoms with E-state index in [2.05, 4.69) is 4.72 Å². The molecule has 0 aliphatic carbocycles. The molecular weight excluding hydrogens is 357 g/mol. The monoisotopic (exact) mass is 381 g/mol. The smallest absolute Gasteiger partial charge is 0.241 e. The van der Waals surface area contributed by atoms with Crippen LogP contribution in [0.25, 0.3) is 0 Å².